The molecule has 5 nitrogen and oxygen atoms in total. The van der Waals surface area contributed by atoms with E-state index in [-0.39, 0.29) is 5.82 Å². The molecular formula is C16H20FN3O2. The minimum absolute atomic E-state index is 0.317. The zero-order chi connectivity index (χ0) is 15.5. The fourth-order valence-electron chi connectivity index (χ4n) is 3.11. The number of aliphatic imine (C=N–C) groups is 1. The van der Waals surface area contributed by atoms with Crippen LogP contribution in [-0.4, -0.2) is 43.1 Å². The number of nitrogens with one attached hydrogen (secondary N) is 1. The maximum Gasteiger partial charge on any atom is 0.308 e. The number of nitrogens with zero attached hydrogens (tertiary/aromatic N) is 2. The Morgan fingerprint density at radius 2 is 2.27 bits per heavy atom. The molecule has 0 saturated carbocycles. The van der Waals surface area contributed by atoms with Crippen LogP contribution in [0, 0.1) is 11.7 Å². The number of carboxylic acids is 1. The van der Waals surface area contributed by atoms with Crippen LogP contribution < -0.4 is 10.2 Å². The topological polar surface area (TPSA) is 64.9 Å². The van der Waals surface area contributed by atoms with Gasteiger partial charge in [-0.15, -0.1) is 0 Å². The van der Waals surface area contributed by atoms with Gasteiger partial charge < -0.3 is 15.3 Å². The first kappa shape index (κ1) is 14.8. The molecule has 6 heteroatoms. The summed E-state index contributed by atoms with van der Waals surface area (Å²) in [6, 6.07) is 4.94. The molecule has 1 saturated heterocycles. The largest absolute Gasteiger partial charge is 0.481 e. The summed E-state index contributed by atoms with van der Waals surface area (Å²) in [7, 11) is 0. The summed E-state index contributed by atoms with van der Waals surface area (Å²) in [5.74, 6) is -0.915. The Hall–Kier alpha value is -2.11. The molecule has 1 aromatic carbocycles. The van der Waals surface area contributed by atoms with Crippen LogP contribution in [-0.2, 0) is 4.79 Å². The van der Waals surface area contributed by atoms with Crippen LogP contribution in [0.15, 0.2) is 23.2 Å². The molecule has 2 N–H and O–H groups in total. The first-order valence-electron chi connectivity index (χ1n) is 7.72. The number of carbonyl (C=O) groups is 1. The standard InChI is InChI=1S/C16H20FN3O2/c17-12-5-1-6-13(14(12)15-18-7-3-8-19-15)20-9-2-4-11(10-20)16(21)22/h1,5-6,11H,2-4,7-10H2,(H,18,19)(H,21,22). The minimum Gasteiger partial charge on any atom is -0.481 e. The number of carboxylic acid groups (broad SMARTS) is 1. The lowest BCUT2D eigenvalue weighted by Gasteiger charge is -2.34. The van der Waals surface area contributed by atoms with Crippen LogP contribution in [0.5, 0.6) is 0 Å². The minimum atomic E-state index is -0.782. The Morgan fingerprint density at radius 1 is 1.41 bits per heavy atom. The average molecular weight is 305 g/mol. The van der Waals surface area contributed by atoms with Crippen LogP contribution in [0.3, 0.4) is 0 Å². The van der Waals surface area contributed by atoms with E-state index in [2.05, 4.69) is 10.3 Å². The van der Waals surface area contributed by atoms with E-state index >= 15 is 0 Å². The molecule has 0 aromatic heterocycles. The first-order chi connectivity index (χ1) is 10.7. The zero-order valence-corrected chi connectivity index (χ0v) is 12.4. The molecule has 1 fully saturated rings. The quantitative estimate of drug-likeness (QED) is 0.895. The lowest BCUT2D eigenvalue weighted by atomic mass is 9.96. The van der Waals surface area contributed by atoms with Crippen molar-refractivity contribution >= 4 is 17.5 Å². The third-order valence-corrected chi connectivity index (χ3v) is 4.24. The molecule has 1 atom stereocenters. The lowest BCUT2D eigenvalue weighted by Crippen LogP contribution is -2.40. The molecule has 1 aromatic rings. The number of aliphatic carboxylic acids is 1. The van der Waals surface area contributed by atoms with Crippen molar-refractivity contribution in [3.8, 4) is 0 Å². The molecule has 3 rings (SSSR count). The molecule has 118 valence electrons. The molecule has 2 aliphatic rings. The van der Waals surface area contributed by atoms with Gasteiger partial charge in [0.05, 0.1) is 17.2 Å². The zero-order valence-electron chi connectivity index (χ0n) is 12.4. The Morgan fingerprint density at radius 3 is 3.00 bits per heavy atom. The van der Waals surface area contributed by atoms with Gasteiger partial charge >= 0.3 is 5.97 Å². The van der Waals surface area contributed by atoms with Crippen LogP contribution in [0.1, 0.15) is 24.8 Å². The Bertz CT molecular complexity index is 603. The average Bonchev–Trinajstić information content (AvgIpc) is 2.55. The Kier molecular flexibility index (Phi) is 4.27. The fraction of sp³-hybridized carbons (Fsp3) is 0.500. The predicted molar refractivity (Wildman–Crippen MR) is 83.0 cm³/mol. The second-order valence-electron chi connectivity index (χ2n) is 5.77. The molecule has 0 bridgehead atoms. The van der Waals surface area contributed by atoms with Gasteiger partial charge in [-0.2, -0.15) is 0 Å². The highest BCUT2D eigenvalue weighted by Crippen LogP contribution is 2.29. The van der Waals surface area contributed by atoms with E-state index < -0.39 is 11.9 Å². The first-order valence-corrected chi connectivity index (χ1v) is 7.72. The molecule has 0 radical (unpaired) electrons. The van der Waals surface area contributed by atoms with Crippen LogP contribution in [0.2, 0.25) is 0 Å². The predicted octanol–water partition coefficient (Wildman–Crippen LogP) is 1.87. The van der Waals surface area contributed by atoms with Crippen LogP contribution >= 0.6 is 0 Å². The van der Waals surface area contributed by atoms with E-state index in [9.17, 15) is 14.3 Å². The number of anilines is 1. The summed E-state index contributed by atoms with van der Waals surface area (Å²) in [6.07, 6.45) is 2.42. The molecule has 22 heavy (non-hydrogen) atoms. The molecule has 0 aliphatic carbocycles. The number of rotatable bonds is 3. The normalized spacial score (nSPS) is 22.0. The summed E-state index contributed by atoms with van der Waals surface area (Å²) < 4.78 is 14.4. The summed E-state index contributed by atoms with van der Waals surface area (Å²) >= 11 is 0. The van der Waals surface area contributed by atoms with Gasteiger partial charge in [0, 0.05) is 26.2 Å². The van der Waals surface area contributed by atoms with Crippen molar-refractivity contribution in [1.82, 2.24) is 5.32 Å². The third-order valence-electron chi connectivity index (χ3n) is 4.24. The molecule has 2 aliphatic heterocycles. The van der Waals surface area contributed by atoms with Crippen molar-refractivity contribution in [2.75, 3.05) is 31.1 Å². The van der Waals surface area contributed by atoms with Crippen molar-refractivity contribution in [3.63, 3.8) is 0 Å². The van der Waals surface area contributed by atoms with E-state index in [0.29, 0.717) is 30.9 Å². The third kappa shape index (κ3) is 2.91. The van der Waals surface area contributed by atoms with Gasteiger partial charge in [-0.3, -0.25) is 9.79 Å². The monoisotopic (exact) mass is 305 g/mol. The molecule has 1 unspecified atom stereocenters. The van der Waals surface area contributed by atoms with Crippen LogP contribution in [0.25, 0.3) is 0 Å². The van der Waals surface area contributed by atoms with Gasteiger partial charge in [0.15, 0.2) is 0 Å². The summed E-state index contributed by atoms with van der Waals surface area (Å²) in [5.41, 5.74) is 1.20. The lowest BCUT2D eigenvalue weighted by molar-refractivity contribution is -0.141. The van der Waals surface area contributed by atoms with Crippen molar-refractivity contribution in [1.29, 1.82) is 0 Å². The number of benzene rings is 1. The van der Waals surface area contributed by atoms with E-state index in [1.54, 1.807) is 6.07 Å². The van der Waals surface area contributed by atoms with E-state index in [4.69, 9.17) is 0 Å². The molecule has 0 amide bonds. The van der Waals surface area contributed by atoms with Gasteiger partial charge in [0.2, 0.25) is 0 Å². The second-order valence-corrected chi connectivity index (χ2v) is 5.77. The van der Waals surface area contributed by atoms with Crippen molar-refractivity contribution in [2.45, 2.75) is 19.3 Å². The number of piperidine rings is 1. The number of amidine groups is 1. The van der Waals surface area contributed by atoms with Crippen molar-refractivity contribution < 1.29 is 14.3 Å². The highest BCUT2D eigenvalue weighted by Gasteiger charge is 2.28. The van der Waals surface area contributed by atoms with E-state index in [0.717, 1.165) is 31.6 Å². The summed E-state index contributed by atoms with van der Waals surface area (Å²) in [5, 5.41) is 12.4. The summed E-state index contributed by atoms with van der Waals surface area (Å²) in [4.78, 5) is 17.6. The van der Waals surface area contributed by atoms with Crippen LogP contribution in [0.4, 0.5) is 10.1 Å². The Balaban J connectivity index is 1.95. The number of hydrogen-bond donors (Lipinski definition) is 2. The highest BCUT2D eigenvalue weighted by molar-refractivity contribution is 6.04. The van der Waals surface area contributed by atoms with Gasteiger partial charge in [0.25, 0.3) is 0 Å². The number of hydrogen-bond acceptors (Lipinski definition) is 4. The Labute approximate surface area is 128 Å². The van der Waals surface area contributed by atoms with Gasteiger partial charge in [-0.1, -0.05) is 6.07 Å². The van der Waals surface area contributed by atoms with Gasteiger partial charge in [-0.05, 0) is 31.4 Å². The van der Waals surface area contributed by atoms with E-state index in [1.165, 1.54) is 6.07 Å². The SMILES string of the molecule is O=C(O)C1CCCN(c2cccc(F)c2C2=NCCCN2)C1. The van der Waals surface area contributed by atoms with Gasteiger partial charge in [-0.25, -0.2) is 4.39 Å². The highest BCUT2D eigenvalue weighted by atomic mass is 19.1. The fourth-order valence-corrected chi connectivity index (χ4v) is 3.11. The second kappa shape index (κ2) is 6.34. The molecular weight excluding hydrogens is 285 g/mol. The van der Waals surface area contributed by atoms with Crippen molar-refractivity contribution in [2.24, 2.45) is 10.9 Å². The maximum absolute atomic E-state index is 14.4. The summed E-state index contributed by atoms with van der Waals surface area (Å²) in [6.45, 7) is 2.63. The van der Waals surface area contributed by atoms with Crippen molar-refractivity contribution in [3.05, 3.63) is 29.6 Å². The smallest absolute Gasteiger partial charge is 0.308 e. The van der Waals surface area contributed by atoms with E-state index in [1.807, 2.05) is 11.0 Å². The number of halogens is 1. The maximum atomic E-state index is 14.4. The molecule has 0 spiro atoms. The molecule has 2 heterocycles. The van der Waals surface area contributed by atoms with Gasteiger partial charge in [0.1, 0.15) is 11.7 Å².